The van der Waals surface area contributed by atoms with Crippen molar-refractivity contribution < 1.29 is 4.79 Å². The van der Waals surface area contributed by atoms with Gasteiger partial charge in [-0.2, -0.15) is 10.3 Å². The zero-order valence-corrected chi connectivity index (χ0v) is 19.7. The molecule has 2 unspecified atom stereocenters. The number of hydrogen-bond donors (Lipinski definition) is 2. The molecule has 0 amide bonds. The Hall–Kier alpha value is -3.94. The summed E-state index contributed by atoms with van der Waals surface area (Å²) in [4.78, 5) is 17.6. The van der Waals surface area contributed by atoms with E-state index >= 15 is 0 Å². The molecule has 2 atom stereocenters. The molecule has 0 saturated heterocycles. The second-order valence-electron chi connectivity index (χ2n) is 9.22. The number of H-pyrrole nitrogens is 2. The lowest BCUT2D eigenvalue weighted by molar-refractivity contribution is 0.0850. The van der Waals surface area contributed by atoms with Crippen molar-refractivity contribution in [2.45, 2.75) is 44.9 Å². The summed E-state index contributed by atoms with van der Waals surface area (Å²) in [7, 11) is 0. The van der Waals surface area contributed by atoms with Gasteiger partial charge in [-0.1, -0.05) is 67.4 Å². The second kappa shape index (κ2) is 10.5. The van der Waals surface area contributed by atoms with Gasteiger partial charge in [0.1, 0.15) is 5.82 Å². The van der Waals surface area contributed by atoms with Crippen LogP contribution in [-0.2, 0) is 6.42 Å². The lowest BCUT2D eigenvalue weighted by Crippen LogP contribution is -2.24. The standard InChI is InChI=1S/C27H29N7O/c1-2-3-7-18-8-6-9-21(16-18)25(35)27-28-24(29-30-27)17-19-12-14-20(15-13-19)22-10-4-5-11-23(22)26-31-33-34-32-26/h2,4-5,10-15,18,21H,1,3,6-9,16-17H2,(H,28,29,30)(H,31,32,33,34). The summed E-state index contributed by atoms with van der Waals surface area (Å²) in [6.07, 6.45) is 8.83. The number of ketones is 1. The van der Waals surface area contributed by atoms with Gasteiger partial charge in [0, 0.05) is 17.9 Å². The lowest BCUT2D eigenvalue weighted by Gasteiger charge is -2.27. The fourth-order valence-electron chi connectivity index (χ4n) is 5.01. The van der Waals surface area contributed by atoms with Gasteiger partial charge in [0.05, 0.1) is 0 Å². The first-order chi connectivity index (χ1) is 17.2. The van der Waals surface area contributed by atoms with Crippen LogP contribution in [0.5, 0.6) is 0 Å². The molecule has 178 valence electrons. The monoisotopic (exact) mass is 467 g/mol. The predicted molar refractivity (Wildman–Crippen MR) is 133 cm³/mol. The summed E-state index contributed by atoms with van der Waals surface area (Å²) < 4.78 is 0. The number of rotatable bonds is 9. The predicted octanol–water partition coefficient (Wildman–Crippen LogP) is 5.20. The zero-order chi connectivity index (χ0) is 24.0. The van der Waals surface area contributed by atoms with Crippen molar-refractivity contribution in [1.82, 2.24) is 35.8 Å². The molecule has 0 radical (unpaired) electrons. The van der Waals surface area contributed by atoms with E-state index in [2.05, 4.69) is 66.6 Å². The lowest BCUT2D eigenvalue weighted by atomic mass is 9.77. The van der Waals surface area contributed by atoms with E-state index in [-0.39, 0.29) is 11.7 Å². The topological polar surface area (TPSA) is 113 Å². The van der Waals surface area contributed by atoms with Gasteiger partial charge in [0.15, 0.2) is 0 Å². The number of aromatic amines is 2. The molecule has 1 saturated carbocycles. The minimum atomic E-state index is 0.0285. The number of nitrogens with zero attached hydrogens (tertiary/aromatic N) is 5. The minimum Gasteiger partial charge on any atom is -0.290 e. The van der Waals surface area contributed by atoms with Gasteiger partial charge >= 0.3 is 0 Å². The molecule has 1 aliphatic carbocycles. The molecule has 2 N–H and O–H groups in total. The SMILES string of the molecule is C=CCCC1CCCC(C(=O)c2n[nH]c(Cc3ccc(-c4ccccc4-c4nn[nH]n4)cc3)n2)C1. The van der Waals surface area contributed by atoms with Crippen molar-refractivity contribution in [3.63, 3.8) is 0 Å². The zero-order valence-electron chi connectivity index (χ0n) is 19.7. The highest BCUT2D eigenvalue weighted by Crippen LogP contribution is 2.34. The van der Waals surface area contributed by atoms with E-state index in [1.54, 1.807) is 0 Å². The number of carbonyl (C=O) groups excluding carboxylic acids is 1. The number of tetrazole rings is 1. The third-order valence-corrected chi connectivity index (χ3v) is 6.83. The van der Waals surface area contributed by atoms with Crippen molar-refractivity contribution in [3.05, 3.63) is 78.4 Å². The molecule has 5 rings (SSSR count). The summed E-state index contributed by atoms with van der Waals surface area (Å²) >= 11 is 0. The largest absolute Gasteiger partial charge is 0.290 e. The summed E-state index contributed by atoms with van der Waals surface area (Å²) in [5, 5.41) is 21.6. The number of allylic oxidation sites excluding steroid dienone is 1. The van der Waals surface area contributed by atoms with Gasteiger partial charge in [-0.15, -0.1) is 16.8 Å². The first-order valence-corrected chi connectivity index (χ1v) is 12.2. The van der Waals surface area contributed by atoms with Crippen molar-refractivity contribution >= 4 is 5.78 Å². The normalized spacial score (nSPS) is 17.8. The number of benzene rings is 2. The second-order valence-corrected chi connectivity index (χ2v) is 9.22. The van der Waals surface area contributed by atoms with Gasteiger partial charge in [-0.25, -0.2) is 4.98 Å². The molecule has 2 heterocycles. The Bertz CT molecular complexity index is 1280. The summed E-state index contributed by atoms with van der Waals surface area (Å²) in [6, 6.07) is 16.3. The number of hydrogen-bond acceptors (Lipinski definition) is 6. The quantitative estimate of drug-likeness (QED) is 0.258. The molecule has 35 heavy (non-hydrogen) atoms. The molecule has 0 spiro atoms. The first kappa shape index (κ1) is 22.8. The highest BCUT2D eigenvalue weighted by molar-refractivity contribution is 5.94. The Morgan fingerprint density at radius 3 is 2.66 bits per heavy atom. The Kier molecular flexibility index (Phi) is 6.88. The summed E-state index contributed by atoms with van der Waals surface area (Å²) in [5.41, 5.74) is 4.10. The van der Waals surface area contributed by atoms with E-state index in [0.29, 0.717) is 29.8 Å². The smallest absolute Gasteiger partial charge is 0.217 e. The third-order valence-electron chi connectivity index (χ3n) is 6.83. The maximum Gasteiger partial charge on any atom is 0.217 e. The van der Waals surface area contributed by atoms with Crippen LogP contribution in [0.3, 0.4) is 0 Å². The Morgan fingerprint density at radius 1 is 1.06 bits per heavy atom. The molecule has 8 heteroatoms. The van der Waals surface area contributed by atoms with Crippen molar-refractivity contribution in [3.8, 4) is 22.5 Å². The number of nitrogens with one attached hydrogen (secondary N) is 2. The van der Waals surface area contributed by atoms with Crippen LogP contribution in [0.4, 0.5) is 0 Å². The minimum absolute atomic E-state index is 0.0285. The molecule has 1 aliphatic rings. The van der Waals surface area contributed by atoms with Crippen LogP contribution in [0.2, 0.25) is 0 Å². The molecule has 0 bridgehead atoms. The van der Waals surface area contributed by atoms with Crippen LogP contribution in [0.25, 0.3) is 22.5 Å². The van der Waals surface area contributed by atoms with Crippen LogP contribution in [0, 0.1) is 11.8 Å². The van der Waals surface area contributed by atoms with E-state index in [0.717, 1.165) is 54.4 Å². The van der Waals surface area contributed by atoms with E-state index < -0.39 is 0 Å². The van der Waals surface area contributed by atoms with Crippen LogP contribution in [-0.4, -0.2) is 41.6 Å². The molecular formula is C27H29N7O. The first-order valence-electron chi connectivity index (χ1n) is 12.2. The molecule has 1 fully saturated rings. The molecular weight excluding hydrogens is 438 g/mol. The molecule has 0 aliphatic heterocycles. The van der Waals surface area contributed by atoms with Gasteiger partial charge in [-0.05, 0) is 53.5 Å². The van der Waals surface area contributed by atoms with Crippen LogP contribution >= 0.6 is 0 Å². The summed E-state index contributed by atoms with van der Waals surface area (Å²) in [6.45, 7) is 3.82. The Balaban J connectivity index is 1.25. The number of Topliss-reactive ketones (excluding diaryl/α,β-unsaturated/α-hetero) is 1. The number of aromatic nitrogens is 7. The molecule has 4 aromatic rings. The highest BCUT2D eigenvalue weighted by Gasteiger charge is 2.29. The van der Waals surface area contributed by atoms with E-state index in [1.807, 2.05) is 30.3 Å². The van der Waals surface area contributed by atoms with Crippen LogP contribution < -0.4 is 0 Å². The Morgan fingerprint density at radius 2 is 1.89 bits per heavy atom. The molecule has 2 aromatic carbocycles. The van der Waals surface area contributed by atoms with E-state index in [9.17, 15) is 4.79 Å². The summed E-state index contributed by atoms with van der Waals surface area (Å²) in [5.74, 6) is 2.28. The maximum absolute atomic E-state index is 13.0. The van der Waals surface area contributed by atoms with Crippen LogP contribution in [0.15, 0.2) is 61.2 Å². The van der Waals surface area contributed by atoms with E-state index in [4.69, 9.17) is 0 Å². The Labute approximate surface area is 204 Å². The number of carbonyl (C=O) groups is 1. The fourth-order valence-corrected chi connectivity index (χ4v) is 5.01. The van der Waals surface area contributed by atoms with Crippen molar-refractivity contribution in [2.75, 3.05) is 0 Å². The average molecular weight is 468 g/mol. The van der Waals surface area contributed by atoms with Crippen molar-refractivity contribution in [1.29, 1.82) is 0 Å². The fraction of sp³-hybridized carbons (Fsp3) is 0.333. The third kappa shape index (κ3) is 5.26. The van der Waals surface area contributed by atoms with E-state index in [1.165, 1.54) is 6.42 Å². The highest BCUT2D eigenvalue weighted by atomic mass is 16.1. The van der Waals surface area contributed by atoms with Gasteiger partial charge < -0.3 is 0 Å². The maximum atomic E-state index is 13.0. The molecule has 8 nitrogen and oxygen atoms in total. The van der Waals surface area contributed by atoms with Crippen LogP contribution in [0.1, 0.15) is 60.5 Å². The average Bonchev–Trinajstić information content (AvgIpc) is 3.61. The van der Waals surface area contributed by atoms with Gasteiger partial charge in [-0.3, -0.25) is 9.89 Å². The van der Waals surface area contributed by atoms with Crippen molar-refractivity contribution in [2.24, 2.45) is 11.8 Å². The molecule has 2 aromatic heterocycles. The van der Waals surface area contributed by atoms with Gasteiger partial charge in [0.2, 0.25) is 17.4 Å². The van der Waals surface area contributed by atoms with Gasteiger partial charge in [0.25, 0.3) is 0 Å².